The standard InChI is InChI=1S/C26H26N2O5S/c1-18-15-23(34(31,32)28-14-6-9-20-7-3-4-11-24(20)28)12-13-25(18)33-17-26(30)27-22-10-5-8-21(16-22)19(2)29/h3-5,7-8,10-13,15-16H,6,9,14,17H2,1-2H3,(H,27,30). The zero-order valence-corrected chi connectivity index (χ0v) is 19.9. The molecule has 0 aromatic heterocycles. The number of aryl methyl sites for hydroxylation is 2. The van der Waals surface area contributed by atoms with Gasteiger partial charge in [-0.2, -0.15) is 0 Å². The number of benzene rings is 3. The minimum Gasteiger partial charge on any atom is -0.483 e. The van der Waals surface area contributed by atoms with Crippen LogP contribution in [-0.4, -0.2) is 33.3 Å². The maximum absolute atomic E-state index is 13.4. The van der Waals surface area contributed by atoms with E-state index in [0.29, 0.717) is 29.1 Å². The van der Waals surface area contributed by atoms with Gasteiger partial charge in [-0.05, 0) is 74.2 Å². The molecule has 0 spiro atoms. The van der Waals surface area contributed by atoms with Crippen molar-refractivity contribution >= 4 is 33.1 Å². The summed E-state index contributed by atoms with van der Waals surface area (Å²) >= 11 is 0. The summed E-state index contributed by atoms with van der Waals surface area (Å²) in [5.41, 5.74) is 3.35. The second kappa shape index (κ2) is 9.69. The highest BCUT2D eigenvalue weighted by Gasteiger charge is 2.29. The van der Waals surface area contributed by atoms with Crippen LogP contribution in [0, 0.1) is 6.92 Å². The minimum absolute atomic E-state index is 0.0916. The number of para-hydroxylation sites is 1. The molecule has 0 atom stereocenters. The highest BCUT2D eigenvalue weighted by molar-refractivity contribution is 7.92. The van der Waals surface area contributed by atoms with Crippen molar-refractivity contribution in [2.75, 3.05) is 22.8 Å². The summed E-state index contributed by atoms with van der Waals surface area (Å²) in [6.45, 7) is 3.38. The predicted molar refractivity (Wildman–Crippen MR) is 131 cm³/mol. The maximum Gasteiger partial charge on any atom is 0.264 e. The molecule has 1 heterocycles. The van der Waals surface area contributed by atoms with Crippen molar-refractivity contribution in [2.45, 2.75) is 31.6 Å². The summed E-state index contributed by atoms with van der Waals surface area (Å²) < 4.78 is 33.8. The smallest absolute Gasteiger partial charge is 0.264 e. The molecule has 0 saturated heterocycles. The summed E-state index contributed by atoms with van der Waals surface area (Å²) in [7, 11) is -3.73. The van der Waals surface area contributed by atoms with E-state index in [0.717, 1.165) is 24.1 Å². The van der Waals surface area contributed by atoms with Crippen LogP contribution in [0.15, 0.2) is 71.6 Å². The Balaban J connectivity index is 1.45. The Labute approximate surface area is 199 Å². The van der Waals surface area contributed by atoms with Gasteiger partial charge in [-0.1, -0.05) is 30.3 Å². The maximum atomic E-state index is 13.4. The van der Waals surface area contributed by atoms with E-state index in [4.69, 9.17) is 4.74 Å². The highest BCUT2D eigenvalue weighted by Crippen LogP contribution is 2.33. The van der Waals surface area contributed by atoms with Crippen molar-refractivity contribution in [2.24, 2.45) is 0 Å². The molecule has 8 heteroatoms. The summed E-state index contributed by atoms with van der Waals surface area (Å²) in [5.74, 6) is -0.0570. The highest BCUT2D eigenvalue weighted by atomic mass is 32.2. The molecule has 0 fully saturated rings. The van der Waals surface area contributed by atoms with Gasteiger partial charge in [0.2, 0.25) is 0 Å². The largest absolute Gasteiger partial charge is 0.483 e. The van der Waals surface area contributed by atoms with Crippen molar-refractivity contribution in [3.8, 4) is 5.75 Å². The van der Waals surface area contributed by atoms with E-state index in [-0.39, 0.29) is 23.2 Å². The molecule has 0 aliphatic carbocycles. The van der Waals surface area contributed by atoms with E-state index in [1.54, 1.807) is 43.3 Å². The zero-order chi connectivity index (χ0) is 24.3. The van der Waals surface area contributed by atoms with Crippen molar-refractivity contribution in [1.82, 2.24) is 0 Å². The number of nitrogens with zero attached hydrogens (tertiary/aromatic N) is 1. The van der Waals surface area contributed by atoms with Crippen LogP contribution in [0.2, 0.25) is 0 Å². The third-order valence-corrected chi connectivity index (χ3v) is 7.52. The second-order valence-electron chi connectivity index (χ2n) is 8.21. The average molecular weight is 479 g/mol. The first-order valence-corrected chi connectivity index (χ1v) is 12.4. The molecule has 4 rings (SSSR count). The van der Waals surface area contributed by atoms with Crippen LogP contribution in [0.4, 0.5) is 11.4 Å². The van der Waals surface area contributed by atoms with Crippen LogP contribution in [0.3, 0.4) is 0 Å². The molecule has 0 saturated carbocycles. The first-order valence-electron chi connectivity index (χ1n) is 11.0. The number of sulfonamides is 1. The quantitative estimate of drug-likeness (QED) is 0.510. The lowest BCUT2D eigenvalue weighted by Gasteiger charge is -2.30. The van der Waals surface area contributed by atoms with Crippen LogP contribution >= 0.6 is 0 Å². The summed E-state index contributed by atoms with van der Waals surface area (Å²) in [6.07, 6.45) is 1.62. The fraction of sp³-hybridized carbons (Fsp3) is 0.231. The van der Waals surface area contributed by atoms with Crippen molar-refractivity contribution in [1.29, 1.82) is 0 Å². The Morgan fingerprint density at radius 1 is 1.03 bits per heavy atom. The predicted octanol–water partition coefficient (Wildman–Crippen LogP) is 4.36. The number of carbonyl (C=O) groups excluding carboxylic acids is 2. The molecule has 1 N–H and O–H groups in total. The first-order chi connectivity index (χ1) is 16.3. The minimum atomic E-state index is -3.73. The lowest BCUT2D eigenvalue weighted by atomic mass is 10.0. The Kier molecular flexibility index (Phi) is 6.70. The van der Waals surface area contributed by atoms with E-state index in [2.05, 4.69) is 5.32 Å². The SMILES string of the molecule is CC(=O)c1cccc(NC(=O)COc2ccc(S(=O)(=O)N3CCCc4ccccc43)cc2C)c1. The Morgan fingerprint density at radius 3 is 2.59 bits per heavy atom. The molecule has 1 amide bonds. The Morgan fingerprint density at radius 2 is 1.82 bits per heavy atom. The fourth-order valence-corrected chi connectivity index (χ4v) is 5.60. The fourth-order valence-electron chi connectivity index (χ4n) is 3.98. The lowest BCUT2D eigenvalue weighted by molar-refractivity contribution is -0.118. The second-order valence-corrected chi connectivity index (χ2v) is 10.1. The zero-order valence-electron chi connectivity index (χ0n) is 19.1. The van der Waals surface area contributed by atoms with Gasteiger partial charge >= 0.3 is 0 Å². The summed E-state index contributed by atoms with van der Waals surface area (Å²) in [5, 5.41) is 2.70. The van der Waals surface area contributed by atoms with Crippen LogP contribution < -0.4 is 14.4 Å². The third kappa shape index (κ3) is 4.97. The van der Waals surface area contributed by atoms with Crippen molar-refractivity contribution < 1.29 is 22.7 Å². The van der Waals surface area contributed by atoms with Crippen molar-refractivity contribution in [3.63, 3.8) is 0 Å². The molecular formula is C26H26N2O5S. The van der Waals surface area contributed by atoms with E-state index in [1.165, 1.54) is 17.3 Å². The topological polar surface area (TPSA) is 92.8 Å². The molecule has 1 aliphatic heterocycles. The summed E-state index contributed by atoms with van der Waals surface area (Å²) in [4.78, 5) is 24.0. The van der Waals surface area contributed by atoms with Crippen molar-refractivity contribution in [3.05, 3.63) is 83.4 Å². The Hall–Kier alpha value is -3.65. The number of hydrogen-bond donors (Lipinski definition) is 1. The molecule has 0 radical (unpaired) electrons. The number of anilines is 2. The number of amides is 1. The number of ketones is 1. The van der Waals surface area contributed by atoms with E-state index in [1.807, 2.05) is 24.3 Å². The van der Waals surface area contributed by atoms with E-state index < -0.39 is 10.0 Å². The molecule has 0 unspecified atom stereocenters. The normalized spacial score (nSPS) is 13.2. The van der Waals surface area contributed by atoms with Gasteiger partial charge in [0.15, 0.2) is 12.4 Å². The molecule has 34 heavy (non-hydrogen) atoms. The van der Waals surface area contributed by atoms with E-state index >= 15 is 0 Å². The third-order valence-electron chi connectivity index (χ3n) is 5.71. The van der Waals surface area contributed by atoms with Crippen LogP contribution in [-0.2, 0) is 21.2 Å². The van der Waals surface area contributed by atoms with Crippen LogP contribution in [0.1, 0.15) is 34.8 Å². The Bertz CT molecular complexity index is 1350. The summed E-state index contributed by atoms with van der Waals surface area (Å²) in [6, 6.07) is 18.9. The van der Waals surface area contributed by atoms with Gasteiger partial charge in [-0.15, -0.1) is 0 Å². The van der Waals surface area contributed by atoms with E-state index in [9.17, 15) is 18.0 Å². The van der Waals surface area contributed by atoms with Gasteiger partial charge in [0, 0.05) is 17.8 Å². The molecule has 7 nitrogen and oxygen atoms in total. The molecule has 3 aromatic rings. The molecule has 176 valence electrons. The monoisotopic (exact) mass is 478 g/mol. The van der Waals surface area contributed by atoms with Gasteiger partial charge in [-0.25, -0.2) is 8.42 Å². The van der Waals surface area contributed by atoms with Gasteiger partial charge in [0.1, 0.15) is 5.75 Å². The van der Waals surface area contributed by atoms with Gasteiger partial charge in [0.25, 0.3) is 15.9 Å². The molecule has 1 aliphatic rings. The number of ether oxygens (including phenoxy) is 1. The average Bonchev–Trinajstić information content (AvgIpc) is 2.83. The number of hydrogen-bond acceptors (Lipinski definition) is 5. The van der Waals surface area contributed by atoms with Gasteiger partial charge in [0.05, 0.1) is 10.6 Å². The number of Topliss-reactive ketones (excluding diaryl/α,β-unsaturated/α-hetero) is 1. The number of nitrogens with one attached hydrogen (secondary N) is 1. The molecule has 3 aromatic carbocycles. The number of fused-ring (bicyclic) bond motifs is 1. The number of rotatable bonds is 7. The molecular weight excluding hydrogens is 452 g/mol. The van der Waals surface area contributed by atoms with Crippen LogP contribution in [0.5, 0.6) is 5.75 Å². The molecule has 0 bridgehead atoms. The first kappa shape index (κ1) is 23.5. The van der Waals surface area contributed by atoms with Crippen LogP contribution in [0.25, 0.3) is 0 Å². The van der Waals surface area contributed by atoms with Gasteiger partial charge < -0.3 is 10.1 Å². The number of carbonyl (C=O) groups is 2. The lowest BCUT2D eigenvalue weighted by Crippen LogP contribution is -2.35. The van der Waals surface area contributed by atoms with Gasteiger partial charge in [-0.3, -0.25) is 13.9 Å².